The lowest BCUT2D eigenvalue weighted by Gasteiger charge is -2.40. The summed E-state index contributed by atoms with van der Waals surface area (Å²) in [6.07, 6.45) is 6.63. The van der Waals surface area contributed by atoms with Crippen LogP contribution in [0.5, 0.6) is 0 Å². The third-order valence-corrected chi connectivity index (χ3v) is 6.58. The molecule has 1 saturated carbocycles. The lowest BCUT2D eigenvalue weighted by atomic mass is 9.66. The van der Waals surface area contributed by atoms with Gasteiger partial charge in [-0.25, -0.2) is 4.98 Å². The zero-order valence-electron chi connectivity index (χ0n) is 15.1. The van der Waals surface area contributed by atoms with Crippen LogP contribution in [-0.2, 0) is 0 Å². The van der Waals surface area contributed by atoms with E-state index in [0.717, 1.165) is 12.8 Å². The van der Waals surface area contributed by atoms with Gasteiger partial charge in [-0.2, -0.15) is 13.2 Å². The number of aromatic nitrogens is 2. The molecule has 0 N–H and O–H groups in total. The molecule has 0 bridgehead atoms. The van der Waals surface area contributed by atoms with Gasteiger partial charge in [0.05, 0.1) is 6.20 Å². The van der Waals surface area contributed by atoms with Crippen LogP contribution in [0, 0.1) is 23.2 Å². The van der Waals surface area contributed by atoms with Crippen molar-refractivity contribution < 1.29 is 18.0 Å². The van der Waals surface area contributed by atoms with Crippen molar-refractivity contribution >= 4 is 5.91 Å². The molecule has 7 heteroatoms. The Labute approximate surface area is 156 Å². The second-order valence-corrected chi connectivity index (χ2v) is 8.12. The molecule has 1 saturated heterocycles. The summed E-state index contributed by atoms with van der Waals surface area (Å²) in [7, 11) is 0. The Hall–Kier alpha value is -2.18. The van der Waals surface area contributed by atoms with Crippen LogP contribution in [0.3, 0.4) is 0 Å². The molecule has 2 unspecified atom stereocenters. The molecular weight excluding hydrogens is 355 g/mol. The summed E-state index contributed by atoms with van der Waals surface area (Å²) in [6, 6.07) is 0. The van der Waals surface area contributed by atoms with E-state index >= 15 is 0 Å². The zero-order valence-corrected chi connectivity index (χ0v) is 15.1. The number of carbonyl (C=O) groups excluding carboxylic acids is 1. The van der Waals surface area contributed by atoms with Gasteiger partial charge in [-0.3, -0.25) is 9.78 Å². The van der Waals surface area contributed by atoms with Gasteiger partial charge in [0.2, 0.25) is 0 Å². The number of halogens is 3. The molecule has 3 aliphatic rings. The number of fused-ring (bicyclic) bond motifs is 1. The van der Waals surface area contributed by atoms with Crippen molar-refractivity contribution in [3.05, 3.63) is 48.1 Å². The highest BCUT2D eigenvalue weighted by atomic mass is 19.4. The SMILES string of the molecule is CC1(C2C[C@@H]3CN(C(=O)c4cnccn4)C[C@@H]3C2)CC=CC=C1C(F)(F)F. The molecule has 4 rings (SSSR count). The monoisotopic (exact) mass is 377 g/mol. The van der Waals surface area contributed by atoms with E-state index in [0.29, 0.717) is 25.2 Å². The van der Waals surface area contributed by atoms with Gasteiger partial charge in [0.1, 0.15) is 5.69 Å². The molecule has 1 aliphatic heterocycles. The van der Waals surface area contributed by atoms with Crippen molar-refractivity contribution in [2.45, 2.75) is 32.4 Å². The van der Waals surface area contributed by atoms with Crippen molar-refractivity contribution in [3.63, 3.8) is 0 Å². The average molecular weight is 377 g/mol. The van der Waals surface area contributed by atoms with E-state index in [9.17, 15) is 18.0 Å². The summed E-state index contributed by atoms with van der Waals surface area (Å²) in [5.41, 5.74) is -0.965. The molecule has 144 valence electrons. The number of nitrogens with zero attached hydrogens (tertiary/aromatic N) is 3. The highest BCUT2D eigenvalue weighted by Gasteiger charge is 2.54. The summed E-state index contributed by atoms with van der Waals surface area (Å²) in [6.45, 7) is 2.94. The Bertz CT molecular complexity index is 775. The maximum atomic E-state index is 13.6. The summed E-state index contributed by atoms with van der Waals surface area (Å²) in [5, 5.41) is 0. The van der Waals surface area contributed by atoms with Crippen LogP contribution in [-0.4, -0.2) is 40.0 Å². The smallest absolute Gasteiger partial charge is 0.337 e. The Morgan fingerprint density at radius 1 is 1.22 bits per heavy atom. The predicted octanol–water partition coefficient (Wildman–Crippen LogP) is 4.03. The average Bonchev–Trinajstić information content (AvgIpc) is 3.21. The Balaban J connectivity index is 1.46. The minimum Gasteiger partial charge on any atom is -0.337 e. The summed E-state index contributed by atoms with van der Waals surface area (Å²) in [5.74, 6) is 0.358. The van der Waals surface area contributed by atoms with Gasteiger partial charge in [-0.1, -0.05) is 25.2 Å². The van der Waals surface area contributed by atoms with Crippen LogP contribution in [0.25, 0.3) is 0 Å². The number of alkyl halides is 3. The van der Waals surface area contributed by atoms with E-state index in [1.807, 2.05) is 6.08 Å². The van der Waals surface area contributed by atoms with Crippen LogP contribution in [0.15, 0.2) is 42.4 Å². The van der Waals surface area contributed by atoms with Crippen LogP contribution >= 0.6 is 0 Å². The maximum Gasteiger partial charge on any atom is 0.413 e. The fourth-order valence-corrected chi connectivity index (χ4v) is 5.14. The van der Waals surface area contributed by atoms with Gasteiger partial charge in [-0.05, 0) is 37.0 Å². The molecule has 2 aliphatic carbocycles. The highest BCUT2D eigenvalue weighted by Crippen LogP contribution is 2.56. The lowest BCUT2D eigenvalue weighted by molar-refractivity contribution is -0.111. The number of hydrogen-bond acceptors (Lipinski definition) is 3. The fourth-order valence-electron chi connectivity index (χ4n) is 5.14. The van der Waals surface area contributed by atoms with Crippen LogP contribution in [0.2, 0.25) is 0 Å². The third-order valence-electron chi connectivity index (χ3n) is 6.58. The van der Waals surface area contributed by atoms with Crippen LogP contribution in [0.1, 0.15) is 36.7 Å². The van der Waals surface area contributed by atoms with Gasteiger partial charge in [0, 0.05) is 36.5 Å². The van der Waals surface area contributed by atoms with Crippen LogP contribution < -0.4 is 0 Å². The number of likely N-dealkylation sites (tertiary alicyclic amines) is 1. The predicted molar refractivity (Wildman–Crippen MR) is 93.6 cm³/mol. The lowest BCUT2D eigenvalue weighted by Crippen LogP contribution is -2.37. The van der Waals surface area contributed by atoms with E-state index < -0.39 is 17.2 Å². The van der Waals surface area contributed by atoms with Crippen molar-refractivity contribution in [1.82, 2.24) is 14.9 Å². The summed E-state index contributed by atoms with van der Waals surface area (Å²) >= 11 is 0. The molecular formula is C20H22F3N3O. The quantitative estimate of drug-likeness (QED) is 0.782. The number of rotatable bonds is 2. The third kappa shape index (κ3) is 3.17. The van der Waals surface area contributed by atoms with Crippen molar-refractivity contribution in [1.29, 1.82) is 0 Å². The molecule has 1 aromatic rings. The number of carbonyl (C=O) groups is 1. The second kappa shape index (κ2) is 6.46. The van der Waals surface area contributed by atoms with E-state index in [-0.39, 0.29) is 23.7 Å². The molecule has 2 heterocycles. The standard InChI is InChI=1S/C20H22F3N3O/c1-19(5-3-2-4-17(19)20(21,22)23)15-8-13-11-26(12-14(13)9-15)18(27)16-10-24-6-7-25-16/h2-4,6-7,10,13-15H,5,8-9,11-12H2,1H3/t13-,14+,15?,19?. The number of allylic oxidation sites excluding steroid dienone is 4. The van der Waals surface area contributed by atoms with Crippen molar-refractivity contribution in [2.75, 3.05) is 13.1 Å². The molecule has 0 aromatic carbocycles. The largest absolute Gasteiger partial charge is 0.413 e. The van der Waals surface area contributed by atoms with E-state index in [1.54, 1.807) is 11.8 Å². The second-order valence-electron chi connectivity index (χ2n) is 8.12. The van der Waals surface area contributed by atoms with E-state index in [2.05, 4.69) is 9.97 Å². The zero-order chi connectivity index (χ0) is 19.2. The van der Waals surface area contributed by atoms with Gasteiger partial charge in [-0.15, -0.1) is 0 Å². The Morgan fingerprint density at radius 3 is 2.52 bits per heavy atom. The molecule has 1 aromatic heterocycles. The summed E-state index contributed by atoms with van der Waals surface area (Å²) < 4.78 is 40.7. The molecule has 0 spiro atoms. The normalized spacial score (nSPS) is 33.1. The van der Waals surface area contributed by atoms with Gasteiger partial charge in [0.15, 0.2) is 0 Å². The number of amides is 1. The minimum atomic E-state index is -4.30. The maximum absolute atomic E-state index is 13.6. The number of hydrogen-bond donors (Lipinski definition) is 0. The Morgan fingerprint density at radius 2 is 1.93 bits per heavy atom. The van der Waals surface area contributed by atoms with Gasteiger partial charge >= 0.3 is 6.18 Å². The van der Waals surface area contributed by atoms with Crippen LogP contribution in [0.4, 0.5) is 13.2 Å². The minimum absolute atomic E-state index is 0.0147. The molecule has 0 radical (unpaired) electrons. The molecule has 4 atom stereocenters. The van der Waals surface area contributed by atoms with E-state index in [4.69, 9.17) is 0 Å². The van der Waals surface area contributed by atoms with Crippen molar-refractivity contribution in [3.8, 4) is 0 Å². The summed E-state index contributed by atoms with van der Waals surface area (Å²) in [4.78, 5) is 22.3. The first-order valence-electron chi connectivity index (χ1n) is 9.29. The first-order chi connectivity index (χ1) is 12.8. The fraction of sp³-hybridized carbons (Fsp3) is 0.550. The van der Waals surface area contributed by atoms with Crippen molar-refractivity contribution in [2.24, 2.45) is 23.2 Å². The molecule has 4 nitrogen and oxygen atoms in total. The van der Waals surface area contributed by atoms with Gasteiger partial charge < -0.3 is 4.90 Å². The van der Waals surface area contributed by atoms with Gasteiger partial charge in [0.25, 0.3) is 5.91 Å². The molecule has 2 fully saturated rings. The first kappa shape index (κ1) is 18.2. The highest BCUT2D eigenvalue weighted by molar-refractivity contribution is 5.92. The molecule has 1 amide bonds. The molecule has 27 heavy (non-hydrogen) atoms. The first-order valence-corrected chi connectivity index (χ1v) is 9.29. The Kier molecular flexibility index (Phi) is 4.35. The van der Waals surface area contributed by atoms with E-state index in [1.165, 1.54) is 30.7 Å². The topological polar surface area (TPSA) is 46.1 Å².